The molecule has 0 amide bonds. The summed E-state index contributed by atoms with van der Waals surface area (Å²) in [5.74, 6) is 0. The second kappa shape index (κ2) is 5.25. The molecular formula is C12H13Cl3. The Morgan fingerprint density at radius 1 is 1.00 bits per heavy atom. The highest BCUT2D eigenvalue weighted by Gasteiger charge is 2.07. The van der Waals surface area contributed by atoms with Crippen molar-refractivity contribution < 1.29 is 0 Å². The van der Waals surface area contributed by atoms with E-state index in [-0.39, 0.29) is 4.49 Å². The molecule has 15 heavy (non-hydrogen) atoms. The van der Waals surface area contributed by atoms with E-state index in [1.165, 1.54) is 22.3 Å². The van der Waals surface area contributed by atoms with Gasteiger partial charge in [-0.1, -0.05) is 46.9 Å². The number of aryl methyl sites for hydroxylation is 1. The van der Waals surface area contributed by atoms with Gasteiger partial charge < -0.3 is 0 Å². The van der Waals surface area contributed by atoms with Gasteiger partial charge in [-0.3, -0.25) is 0 Å². The van der Waals surface area contributed by atoms with E-state index in [2.05, 4.69) is 32.9 Å². The third-order valence-electron chi connectivity index (χ3n) is 2.72. The highest BCUT2D eigenvalue weighted by Crippen LogP contribution is 2.25. The maximum Gasteiger partial charge on any atom is 0.121 e. The van der Waals surface area contributed by atoms with E-state index in [1.807, 2.05) is 0 Å². The van der Waals surface area contributed by atoms with Crippen molar-refractivity contribution in [3.63, 3.8) is 0 Å². The maximum absolute atomic E-state index is 5.93. The molecule has 0 aromatic heterocycles. The van der Waals surface area contributed by atoms with Crippen molar-refractivity contribution >= 4 is 34.8 Å². The lowest BCUT2D eigenvalue weighted by Gasteiger charge is -2.10. The molecule has 0 nitrogen and oxygen atoms in total. The number of benzene rings is 1. The van der Waals surface area contributed by atoms with Gasteiger partial charge in [-0.25, -0.2) is 0 Å². The summed E-state index contributed by atoms with van der Waals surface area (Å²) in [7, 11) is 0. The lowest BCUT2D eigenvalue weighted by atomic mass is 9.97. The van der Waals surface area contributed by atoms with Gasteiger partial charge in [0.1, 0.15) is 4.49 Å². The van der Waals surface area contributed by atoms with Crippen LogP contribution in [0, 0.1) is 20.8 Å². The third-order valence-corrected chi connectivity index (χ3v) is 3.69. The highest BCUT2D eigenvalue weighted by molar-refractivity contribution is 6.59. The molecule has 0 saturated carbocycles. The van der Waals surface area contributed by atoms with Crippen molar-refractivity contribution in [2.24, 2.45) is 0 Å². The van der Waals surface area contributed by atoms with Gasteiger partial charge in [-0.15, -0.1) is 0 Å². The third kappa shape index (κ3) is 3.14. The Kier molecular flexibility index (Phi) is 4.51. The summed E-state index contributed by atoms with van der Waals surface area (Å²) < 4.78 is 0.147. The summed E-state index contributed by atoms with van der Waals surface area (Å²) in [5.41, 5.74) is 5.00. The van der Waals surface area contributed by atoms with Crippen molar-refractivity contribution in [3.8, 4) is 0 Å². The Morgan fingerprint density at radius 3 is 2.13 bits per heavy atom. The predicted octanol–water partition coefficient (Wildman–Crippen LogP) is 5.04. The van der Waals surface area contributed by atoms with Crippen molar-refractivity contribution in [2.45, 2.75) is 27.2 Å². The molecule has 0 saturated heterocycles. The van der Waals surface area contributed by atoms with Crippen molar-refractivity contribution in [1.29, 1.82) is 0 Å². The van der Waals surface area contributed by atoms with Gasteiger partial charge in [0.15, 0.2) is 0 Å². The second-order valence-corrected chi connectivity index (χ2v) is 5.04. The van der Waals surface area contributed by atoms with Gasteiger partial charge >= 0.3 is 0 Å². The van der Waals surface area contributed by atoms with Crippen molar-refractivity contribution in [3.05, 3.63) is 43.9 Å². The Morgan fingerprint density at radius 2 is 1.60 bits per heavy atom. The zero-order chi connectivity index (χ0) is 11.6. The SMILES string of the molecule is Cc1ccc(CC(Cl)=C(Cl)Cl)c(C)c1C. The number of rotatable bonds is 2. The number of hydrogen-bond acceptors (Lipinski definition) is 0. The van der Waals surface area contributed by atoms with Gasteiger partial charge in [0, 0.05) is 6.42 Å². The fourth-order valence-corrected chi connectivity index (χ4v) is 1.72. The molecule has 82 valence electrons. The summed E-state index contributed by atoms with van der Waals surface area (Å²) in [5, 5.41) is 0.490. The quantitative estimate of drug-likeness (QED) is 0.701. The summed E-state index contributed by atoms with van der Waals surface area (Å²) >= 11 is 17.2. The minimum absolute atomic E-state index is 0.147. The topological polar surface area (TPSA) is 0 Å². The molecule has 0 unspecified atom stereocenters. The lowest BCUT2D eigenvalue weighted by molar-refractivity contribution is 1.14. The average Bonchev–Trinajstić information content (AvgIpc) is 2.18. The molecule has 3 heteroatoms. The van der Waals surface area contributed by atoms with E-state index in [0.717, 1.165) is 0 Å². The first kappa shape index (κ1) is 12.9. The van der Waals surface area contributed by atoms with Crippen LogP contribution in [-0.2, 0) is 6.42 Å². The zero-order valence-corrected chi connectivity index (χ0v) is 11.3. The monoisotopic (exact) mass is 262 g/mol. The van der Waals surface area contributed by atoms with Gasteiger partial charge in [-0.05, 0) is 43.0 Å². The van der Waals surface area contributed by atoms with Crippen LogP contribution in [0.15, 0.2) is 21.7 Å². The molecule has 0 aliphatic carbocycles. The van der Waals surface area contributed by atoms with Crippen LogP contribution in [0.4, 0.5) is 0 Å². The van der Waals surface area contributed by atoms with Crippen LogP contribution in [0.2, 0.25) is 0 Å². The van der Waals surface area contributed by atoms with Crippen molar-refractivity contribution in [2.75, 3.05) is 0 Å². The largest absolute Gasteiger partial charge is 0.121 e. The van der Waals surface area contributed by atoms with Crippen molar-refractivity contribution in [1.82, 2.24) is 0 Å². The first-order chi connectivity index (χ1) is 6.93. The molecule has 0 heterocycles. The molecule has 0 aliphatic rings. The second-order valence-electron chi connectivity index (χ2n) is 3.63. The standard InChI is InChI=1S/C12H13Cl3/c1-7-4-5-10(9(3)8(7)2)6-11(13)12(14)15/h4-5H,6H2,1-3H3. The Hall–Kier alpha value is -0.170. The summed E-state index contributed by atoms with van der Waals surface area (Å²) in [6, 6.07) is 4.15. The Balaban J connectivity index is 3.08. The van der Waals surface area contributed by atoms with Gasteiger partial charge in [0.05, 0.1) is 5.03 Å². The van der Waals surface area contributed by atoms with Crippen LogP contribution in [0.1, 0.15) is 22.3 Å². The Labute approximate surface area is 106 Å². The molecule has 0 atom stereocenters. The minimum atomic E-state index is 0.147. The number of halogens is 3. The molecule has 0 fully saturated rings. The van der Waals surface area contributed by atoms with E-state index in [9.17, 15) is 0 Å². The van der Waals surface area contributed by atoms with Gasteiger partial charge in [-0.2, -0.15) is 0 Å². The normalized spacial score (nSPS) is 10.3. The fraction of sp³-hybridized carbons (Fsp3) is 0.333. The van der Waals surface area contributed by atoms with Gasteiger partial charge in [0.25, 0.3) is 0 Å². The van der Waals surface area contributed by atoms with E-state index in [1.54, 1.807) is 0 Å². The maximum atomic E-state index is 5.93. The predicted molar refractivity (Wildman–Crippen MR) is 68.9 cm³/mol. The molecule has 1 aromatic carbocycles. The van der Waals surface area contributed by atoms with Crippen LogP contribution in [0.3, 0.4) is 0 Å². The van der Waals surface area contributed by atoms with Crippen LogP contribution in [0.25, 0.3) is 0 Å². The molecule has 0 aliphatic heterocycles. The molecule has 0 spiro atoms. The van der Waals surface area contributed by atoms with E-state index in [4.69, 9.17) is 34.8 Å². The summed E-state index contributed by atoms with van der Waals surface area (Å²) in [4.78, 5) is 0. The first-order valence-corrected chi connectivity index (χ1v) is 5.82. The number of allylic oxidation sites excluding steroid dienone is 1. The van der Waals surface area contributed by atoms with Crippen LogP contribution < -0.4 is 0 Å². The molecule has 1 aromatic rings. The van der Waals surface area contributed by atoms with Crippen LogP contribution >= 0.6 is 34.8 Å². The summed E-state index contributed by atoms with van der Waals surface area (Å²) in [6.45, 7) is 6.29. The molecule has 0 bridgehead atoms. The molecular weight excluding hydrogens is 250 g/mol. The zero-order valence-electron chi connectivity index (χ0n) is 9.00. The first-order valence-electron chi connectivity index (χ1n) is 4.68. The fourth-order valence-electron chi connectivity index (χ4n) is 1.44. The highest BCUT2D eigenvalue weighted by atomic mass is 35.5. The van der Waals surface area contributed by atoms with E-state index < -0.39 is 0 Å². The average molecular weight is 264 g/mol. The molecule has 1 rings (SSSR count). The Bertz CT molecular complexity index is 402. The summed E-state index contributed by atoms with van der Waals surface area (Å²) in [6.07, 6.45) is 0.594. The lowest BCUT2D eigenvalue weighted by Crippen LogP contribution is -1.95. The smallest absolute Gasteiger partial charge is 0.0862 e. The van der Waals surface area contributed by atoms with E-state index >= 15 is 0 Å². The number of hydrogen-bond donors (Lipinski definition) is 0. The van der Waals surface area contributed by atoms with E-state index in [0.29, 0.717) is 11.5 Å². The van der Waals surface area contributed by atoms with Crippen LogP contribution in [-0.4, -0.2) is 0 Å². The molecule has 0 radical (unpaired) electrons. The van der Waals surface area contributed by atoms with Gasteiger partial charge in [0.2, 0.25) is 0 Å². The molecule has 0 N–H and O–H groups in total. The minimum Gasteiger partial charge on any atom is -0.0862 e. The van der Waals surface area contributed by atoms with Crippen LogP contribution in [0.5, 0.6) is 0 Å².